The summed E-state index contributed by atoms with van der Waals surface area (Å²) in [6, 6.07) is 0. The van der Waals surface area contributed by atoms with Crippen molar-refractivity contribution < 1.29 is 9.59 Å². The Bertz CT molecular complexity index is 529. The zero-order valence-corrected chi connectivity index (χ0v) is 11.6. The Hall–Kier alpha value is -0.890. The molecule has 0 aromatic heterocycles. The molecule has 3 aliphatic carbocycles. The molecule has 96 valence electrons. The van der Waals surface area contributed by atoms with Crippen molar-refractivity contribution >= 4 is 23.2 Å². The molecule has 2 atom stereocenters. The third-order valence-corrected chi connectivity index (χ3v) is 5.87. The van der Waals surface area contributed by atoms with E-state index in [1.165, 1.54) is 0 Å². The number of carbonyl (C=O) groups is 2. The molecular weight excluding hydrogens is 248 g/mol. The zero-order chi connectivity index (χ0) is 13.3. The molecule has 2 nitrogen and oxygen atoms in total. The van der Waals surface area contributed by atoms with Gasteiger partial charge in [0.15, 0.2) is 11.6 Å². The highest BCUT2D eigenvalue weighted by Gasteiger charge is 2.66. The lowest BCUT2D eigenvalue weighted by molar-refractivity contribution is -0.121. The van der Waals surface area contributed by atoms with Gasteiger partial charge in [0, 0.05) is 17.4 Å². The number of halogens is 1. The van der Waals surface area contributed by atoms with Gasteiger partial charge in [-0.25, -0.2) is 0 Å². The molecule has 0 unspecified atom stereocenters. The van der Waals surface area contributed by atoms with Gasteiger partial charge < -0.3 is 0 Å². The Morgan fingerprint density at radius 3 is 2.67 bits per heavy atom. The van der Waals surface area contributed by atoms with E-state index >= 15 is 0 Å². The number of alkyl halides is 1. The number of hydrogen-bond donors (Lipinski definition) is 0. The summed E-state index contributed by atoms with van der Waals surface area (Å²) in [6.45, 7) is 8.14. The van der Waals surface area contributed by atoms with Crippen molar-refractivity contribution in [3.8, 4) is 0 Å². The van der Waals surface area contributed by atoms with Gasteiger partial charge in [-0.05, 0) is 36.3 Å². The number of ketones is 2. The highest BCUT2D eigenvalue weighted by molar-refractivity contribution is 6.42. The van der Waals surface area contributed by atoms with Crippen LogP contribution in [0.15, 0.2) is 23.8 Å². The molecular formula is C15H17ClO2. The third-order valence-electron chi connectivity index (χ3n) is 5.30. The molecule has 0 N–H and O–H groups in total. The Labute approximate surface area is 112 Å². The topological polar surface area (TPSA) is 34.1 Å². The second-order valence-electron chi connectivity index (χ2n) is 6.58. The van der Waals surface area contributed by atoms with Crippen LogP contribution in [0.3, 0.4) is 0 Å². The van der Waals surface area contributed by atoms with Crippen molar-refractivity contribution in [2.45, 2.75) is 44.4 Å². The normalized spacial score (nSPS) is 41.7. The van der Waals surface area contributed by atoms with E-state index in [2.05, 4.69) is 20.4 Å². The van der Waals surface area contributed by atoms with E-state index in [1.54, 1.807) is 6.08 Å². The fraction of sp³-hybridized carbons (Fsp3) is 0.600. The molecule has 0 aromatic rings. The van der Waals surface area contributed by atoms with Gasteiger partial charge in [0.25, 0.3) is 0 Å². The van der Waals surface area contributed by atoms with Crippen LogP contribution < -0.4 is 0 Å². The predicted octanol–water partition coefficient (Wildman–Crippen LogP) is 3.20. The molecule has 1 spiro atoms. The van der Waals surface area contributed by atoms with Crippen molar-refractivity contribution in [1.29, 1.82) is 0 Å². The van der Waals surface area contributed by atoms with Crippen LogP contribution in [0.2, 0.25) is 0 Å². The van der Waals surface area contributed by atoms with Gasteiger partial charge >= 0.3 is 0 Å². The Morgan fingerprint density at radius 1 is 1.33 bits per heavy atom. The molecule has 0 aliphatic heterocycles. The van der Waals surface area contributed by atoms with E-state index in [-0.39, 0.29) is 22.4 Å². The summed E-state index contributed by atoms with van der Waals surface area (Å²) >= 11 is 6.55. The molecule has 0 heterocycles. The first-order valence-corrected chi connectivity index (χ1v) is 6.78. The van der Waals surface area contributed by atoms with Crippen LogP contribution in [0.4, 0.5) is 0 Å². The van der Waals surface area contributed by atoms with Crippen molar-refractivity contribution in [3.05, 3.63) is 23.8 Å². The molecule has 0 amide bonds. The van der Waals surface area contributed by atoms with E-state index in [1.807, 2.05) is 0 Å². The minimum Gasteiger partial charge on any atom is -0.295 e. The van der Waals surface area contributed by atoms with Gasteiger partial charge in [-0.1, -0.05) is 20.4 Å². The molecule has 2 saturated carbocycles. The number of fused-ring (bicyclic) bond motifs is 1. The molecule has 3 heteroatoms. The largest absolute Gasteiger partial charge is 0.295 e. The first-order chi connectivity index (χ1) is 8.23. The van der Waals surface area contributed by atoms with E-state index in [4.69, 9.17) is 11.6 Å². The van der Waals surface area contributed by atoms with Crippen LogP contribution in [0.5, 0.6) is 0 Å². The van der Waals surface area contributed by atoms with Crippen LogP contribution >= 0.6 is 11.6 Å². The maximum atomic E-state index is 12.6. The Morgan fingerprint density at radius 2 is 2.00 bits per heavy atom. The van der Waals surface area contributed by atoms with Crippen LogP contribution in [0, 0.1) is 10.8 Å². The highest BCUT2D eigenvalue weighted by atomic mass is 35.5. The third kappa shape index (κ3) is 1.15. The fourth-order valence-corrected chi connectivity index (χ4v) is 4.48. The second-order valence-corrected chi connectivity index (χ2v) is 7.22. The first-order valence-electron chi connectivity index (χ1n) is 6.40. The summed E-state index contributed by atoms with van der Waals surface area (Å²) in [5, 5.41) is 0. The molecule has 3 aliphatic rings. The maximum absolute atomic E-state index is 12.6. The summed E-state index contributed by atoms with van der Waals surface area (Å²) in [4.78, 5) is 23.5. The number of allylic oxidation sites excluding steroid dienone is 3. The van der Waals surface area contributed by atoms with Crippen LogP contribution in [-0.4, -0.2) is 16.4 Å². The van der Waals surface area contributed by atoms with Crippen LogP contribution in [-0.2, 0) is 9.59 Å². The lowest BCUT2D eigenvalue weighted by Gasteiger charge is -2.49. The zero-order valence-electron chi connectivity index (χ0n) is 10.8. The lowest BCUT2D eigenvalue weighted by atomic mass is 9.54. The summed E-state index contributed by atoms with van der Waals surface area (Å²) < 4.78 is 0. The smallest absolute Gasteiger partial charge is 0.184 e. The molecule has 0 aromatic carbocycles. The summed E-state index contributed by atoms with van der Waals surface area (Å²) in [5.41, 5.74) is 1.07. The number of rotatable bonds is 0. The summed E-state index contributed by atoms with van der Waals surface area (Å²) in [5.74, 6) is -0.0276. The quantitative estimate of drug-likeness (QED) is 0.497. The van der Waals surface area contributed by atoms with Crippen molar-refractivity contribution in [3.63, 3.8) is 0 Å². The number of Topliss-reactive ketones (excluding diaryl/α,β-unsaturated/α-hetero) is 1. The average Bonchev–Trinajstić information content (AvgIpc) is 2.44. The van der Waals surface area contributed by atoms with E-state index in [0.29, 0.717) is 18.4 Å². The van der Waals surface area contributed by atoms with E-state index in [9.17, 15) is 9.59 Å². The standard InChI is InChI=1S/C15H17ClO2/c1-9-4-5-14-8-15(9,16)12(18)11(14)6-10(17)7-13(14,2)3/h6H,1,4-5,7-8H2,2-3H3/t14-,15-/m0/s1. The van der Waals surface area contributed by atoms with Gasteiger partial charge in [0.2, 0.25) is 0 Å². The van der Waals surface area contributed by atoms with Crippen LogP contribution in [0.1, 0.15) is 39.5 Å². The Balaban J connectivity index is 2.27. The van der Waals surface area contributed by atoms with E-state index in [0.717, 1.165) is 18.4 Å². The molecule has 3 rings (SSSR count). The predicted molar refractivity (Wildman–Crippen MR) is 70.5 cm³/mol. The molecule has 2 bridgehead atoms. The minimum atomic E-state index is -0.952. The van der Waals surface area contributed by atoms with E-state index < -0.39 is 4.87 Å². The van der Waals surface area contributed by atoms with Gasteiger partial charge in [-0.15, -0.1) is 11.6 Å². The highest BCUT2D eigenvalue weighted by Crippen LogP contribution is 2.67. The number of hydrogen-bond acceptors (Lipinski definition) is 2. The van der Waals surface area contributed by atoms with Gasteiger partial charge in [-0.2, -0.15) is 0 Å². The molecule has 0 radical (unpaired) electrons. The van der Waals surface area contributed by atoms with Crippen molar-refractivity contribution in [2.75, 3.05) is 0 Å². The molecule has 2 fully saturated rings. The minimum absolute atomic E-state index is 0.0485. The Kier molecular flexibility index (Phi) is 2.14. The number of carbonyl (C=O) groups excluding carboxylic acids is 2. The lowest BCUT2D eigenvalue weighted by Crippen LogP contribution is -2.44. The first kappa shape index (κ1) is 12.2. The molecule has 0 saturated heterocycles. The van der Waals surface area contributed by atoms with Crippen molar-refractivity contribution in [2.24, 2.45) is 10.8 Å². The maximum Gasteiger partial charge on any atom is 0.184 e. The van der Waals surface area contributed by atoms with Crippen molar-refractivity contribution in [1.82, 2.24) is 0 Å². The van der Waals surface area contributed by atoms with Gasteiger partial charge in [0.05, 0.1) is 0 Å². The van der Waals surface area contributed by atoms with Gasteiger partial charge in [0.1, 0.15) is 4.87 Å². The average molecular weight is 265 g/mol. The second kappa shape index (κ2) is 3.16. The summed E-state index contributed by atoms with van der Waals surface area (Å²) in [7, 11) is 0. The monoisotopic (exact) mass is 264 g/mol. The fourth-order valence-electron chi connectivity index (χ4n) is 4.06. The van der Waals surface area contributed by atoms with Crippen LogP contribution in [0.25, 0.3) is 0 Å². The molecule has 18 heavy (non-hydrogen) atoms. The summed E-state index contributed by atoms with van der Waals surface area (Å²) in [6.07, 6.45) is 4.34. The SMILES string of the molecule is C=C1CC[C@]23C[C@@]1(Cl)C(=O)C2=CC(=O)CC3(C)C. The van der Waals surface area contributed by atoms with Gasteiger partial charge in [-0.3, -0.25) is 9.59 Å².